The lowest BCUT2D eigenvalue weighted by Gasteiger charge is -2.07. The van der Waals surface area contributed by atoms with Crippen molar-refractivity contribution in [2.45, 2.75) is 20.8 Å². The second kappa shape index (κ2) is 5.09. The van der Waals surface area contributed by atoms with Crippen LogP contribution in [0.5, 0.6) is 0 Å². The van der Waals surface area contributed by atoms with E-state index in [2.05, 4.69) is 32.0 Å². The lowest BCUT2D eigenvalue weighted by atomic mass is 10.0. The molecule has 1 aromatic heterocycles. The molecule has 0 unspecified atom stereocenters. The third-order valence-electron chi connectivity index (χ3n) is 3.68. The Bertz CT molecular complexity index is 765. The van der Waals surface area contributed by atoms with Crippen LogP contribution in [0, 0.1) is 20.8 Å². The standard InChI is InChI=1S/C18H19N3/c1-12-9-15(11-16(19)10-12)18-13(2)20-21(14(18)3)17-7-5-4-6-8-17/h4-11H,19H2,1-3H3. The minimum Gasteiger partial charge on any atom is -0.399 e. The zero-order chi connectivity index (χ0) is 15.0. The fourth-order valence-electron chi connectivity index (χ4n) is 2.84. The summed E-state index contributed by atoms with van der Waals surface area (Å²) in [5.74, 6) is 0. The summed E-state index contributed by atoms with van der Waals surface area (Å²) in [4.78, 5) is 0. The van der Waals surface area contributed by atoms with E-state index in [-0.39, 0.29) is 0 Å². The van der Waals surface area contributed by atoms with Crippen LogP contribution in [0.15, 0.2) is 48.5 Å². The van der Waals surface area contributed by atoms with Crippen LogP contribution in [0.4, 0.5) is 5.69 Å². The molecule has 0 fully saturated rings. The van der Waals surface area contributed by atoms with Crippen LogP contribution in [0.3, 0.4) is 0 Å². The molecular weight excluding hydrogens is 258 g/mol. The molecule has 0 atom stereocenters. The third kappa shape index (κ3) is 2.42. The molecule has 3 rings (SSSR count). The van der Waals surface area contributed by atoms with Gasteiger partial charge in [0.25, 0.3) is 0 Å². The van der Waals surface area contributed by atoms with Crippen LogP contribution in [0.2, 0.25) is 0 Å². The highest BCUT2D eigenvalue weighted by atomic mass is 15.3. The van der Waals surface area contributed by atoms with Gasteiger partial charge in [-0.2, -0.15) is 5.10 Å². The summed E-state index contributed by atoms with van der Waals surface area (Å²) in [5.41, 5.74) is 13.4. The van der Waals surface area contributed by atoms with Crippen molar-refractivity contribution in [1.82, 2.24) is 9.78 Å². The van der Waals surface area contributed by atoms with E-state index in [9.17, 15) is 0 Å². The maximum absolute atomic E-state index is 5.99. The van der Waals surface area contributed by atoms with Crippen molar-refractivity contribution in [3.05, 3.63) is 65.5 Å². The van der Waals surface area contributed by atoms with Crippen molar-refractivity contribution >= 4 is 5.69 Å². The molecule has 0 aliphatic rings. The average Bonchev–Trinajstić information content (AvgIpc) is 2.74. The molecule has 0 aliphatic heterocycles. The Labute approximate surface area is 125 Å². The monoisotopic (exact) mass is 277 g/mol. The summed E-state index contributed by atoms with van der Waals surface area (Å²) in [6, 6.07) is 16.3. The molecule has 0 bridgehead atoms. The maximum atomic E-state index is 5.99. The van der Waals surface area contributed by atoms with Crippen LogP contribution in [-0.4, -0.2) is 9.78 Å². The summed E-state index contributed by atoms with van der Waals surface area (Å²) >= 11 is 0. The third-order valence-corrected chi connectivity index (χ3v) is 3.68. The van der Waals surface area contributed by atoms with Gasteiger partial charge in [0.05, 0.1) is 11.4 Å². The summed E-state index contributed by atoms with van der Waals surface area (Å²) in [6.45, 7) is 6.20. The van der Waals surface area contributed by atoms with Crippen molar-refractivity contribution in [2.24, 2.45) is 0 Å². The summed E-state index contributed by atoms with van der Waals surface area (Å²) < 4.78 is 1.99. The second-order valence-corrected chi connectivity index (χ2v) is 5.43. The SMILES string of the molecule is Cc1cc(N)cc(-c2c(C)nn(-c3ccccc3)c2C)c1. The normalized spacial score (nSPS) is 10.8. The lowest BCUT2D eigenvalue weighted by Crippen LogP contribution is -1.98. The van der Waals surface area contributed by atoms with Crippen molar-refractivity contribution in [3.63, 3.8) is 0 Å². The quantitative estimate of drug-likeness (QED) is 0.718. The Hall–Kier alpha value is -2.55. The first kappa shape index (κ1) is 13.4. The number of nitrogens with two attached hydrogens (primary N) is 1. The maximum Gasteiger partial charge on any atom is 0.0679 e. The van der Waals surface area contributed by atoms with Crippen molar-refractivity contribution in [2.75, 3.05) is 5.73 Å². The minimum atomic E-state index is 0.788. The highest BCUT2D eigenvalue weighted by Gasteiger charge is 2.15. The van der Waals surface area contributed by atoms with E-state index in [4.69, 9.17) is 10.8 Å². The summed E-state index contributed by atoms with van der Waals surface area (Å²) in [7, 11) is 0. The summed E-state index contributed by atoms with van der Waals surface area (Å²) in [6.07, 6.45) is 0. The fraction of sp³-hybridized carbons (Fsp3) is 0.167. The van der Waals surface area contributed by atoms with Gasteiger partial charge in [-0.15, -0.1) is 0 Å². The van der Waals surface area contributed by atoms with Gasteiger partial charge in [-0.1, -0.05) is 24.3 Å². The number of aryl methyl sites for hydroxylation is 2. The number of hydrogen-bond donors (Lipinski definition) is 1. The van der Waals surface area contributed by atoms with E-state index in [0.717, 1.165) is 39.5 Å². The van der Waals surface area contributed by atoms with E-state index in [1.165, 1.54) is 0 Å². The van der Waals surface area contributed by atoms with Crippen molar-refractivity contribution in [1.29, 1.82) is 0 Å². The summed E-state index contributed by atoms with van der Waals surface area (Å²) in [5, 5.41) is 4.69. The van der Waals surface area contributed by atoms with Gasteiger partial charge in [0.15, 0.2) is 0 Å². The number of aromatic nitrogens is 2. The second-order valence-electron chi connectivity index (χ2n) is 5.43. The number of anilines is 1. The smallest absolute Gasteiger partial charge is 0.0679 e. The van der Waals surface area contributed by atoms with Crippen LogP contribution >= 0.6 is 0 Å². The first-order valence-corrected chi connectivity index (χ1v) is 7.05. The number of nitrogen functional groups attached to an aromatic ring is 1. The molecule has 2 aromatic carbocycles. The molecule has 2 N–H and O–H groups in total. The van der Waals surface area contributed by atoms with Gasteiger partial charge in [-0.05, 0) is 56.2 Å². The predicted octanol–water partition coefficient (Wildman–Crippen LogP) is 4.05. The van der Waals surface area contributed by atoms with Gasteiger partial charge in [0.1, 0.15) is 0 Å². The Kier molecular flexibility index (Phi) is 3.26. The molecule has 0 amide bonds. The minimum absolute atomic E-state index is 0.788. The highest BCUT2D eigenvalue weighted by Crippen LogP contribution is 2.30. The number of rotatable bonds is 2. The van der Waals surface area contributed by atoms with Crippen LogP contribution in [-0.2, 0) is 0 Å². The topological polar surface area (TPSA) is 43.8 Å². The van der Waals surface area contributed by atoms with E-state index in [0.29, 0.717) is 0 Å². The molecule has 0 saturated carbocycles. The van der Waals surface area contributed by atoms with Gasteiger partial charge in [-0.3, -0.25) is 0 Å². The van der Waals surface area contributed by atoms with Gasteiger partial charge < -0.3 is 5.73 Å². The molecule has 0 radical (unpaired) electrons. The van der Waals surface area contributed by atoms with E-state index in [1.54, 1.807) is 0 Å². The molecule has 0 spiro atoms. The molecular formula is C18H19N3. The zero-order valence-corrected chi connectivity index (χ0v) is 12.6. The van der Waals surface area contributed by atoms with E-state index < -0.39 is 0 Å². The van der Waals surface area contributed by atoms with Crippen LogP contribution in [0.25, 0.3) is 16.8 Å². The van der Waals surface area contributed by atoms with Crippen LogP contribution in [0.1, 0.15) is 17.0 Å². The Balaban J connectivity index is 2.19. The number of para-hydroxylation sites is 1. The molecule has 3 nitrogen and oxygen atoms in total. The fourth-order valence-corrected chi connectivity index (χ4v) is 2.84. The van der Waals surface area contributed by atoms with Gasteiger partial charge in [0, 0.05) is 16.9 Å². The molecule has 0 aliphatic carbocycles. The zero-order valence-electron chi connectivity index (χ0n) is 12.6. The molecule has 1 heterocycles. The van der Waals surface area contributed by atoms with E-state index >= 15 is 0 Å². The highest BCUT2D eigenvalue weighted by molar-refractivity contribution is 5.73. The molecule has 106 valence electrons. The average molecular weight is 277 g/mol. The number of benzene rings is 2. The first-order valence-electron chi connectivity index (χ1n) is 7.05. The Morgan fingerprint density at radius 1 is 0.952 bits per heavy atom. The Morgan fingerprint density at radius 3 is 2.33 bits per heavy atom. The van der Waals surface area contributed by atoms with Gasteiger partial charge in [-0.25, -0.2) is 4.68 Å². The molecule has 3 heteroatoms. The predicted molar refractivity (Wildman–Crippen MR) is 87.6 cm³/mol. The van der Waals surface area contributed by atoms with Crippen LogP contribution < -0.4 is 5.73 Å². The van der Waals surface area contributed by atoms with Crippen molar-refractivity contribution < 1.29 is 0 Å². The molecule has 0 saturated heterocycles. The van der Waals surface area contributed by atoms with Gasteiger partial charge >= 0.3 is 0 Å². The largest absolute Gasteiger partial charge is 0.399 e. The molecule has 21 heavy (non-hydrogen) atoms. The van der Waals surface area contributed by atoms with E-state index in [1.807, 2.05) is 41.9 Å². The van der Waals surface area contributed by atoms with Gasteiger partial charge in [0.2, 0.25) is 0 Å². The first-order chi connectivity index (χ1) is 10.1. The molecule has 3 aromatic rings. The van der Waals surface area contributed by atoms with Crippen molar-refractivity contribution in [3.8, 4) is 16.8 Å². The lowest BCUT2D eigenvalue weighted by molar-refractivity contribution is 0.834. The Morgan fingerprint density at radius 2 is 1.67 bits per heavy atom. The number of nitrogens with zero attached hydrogens (tertiary/aromatic N) is 2. The number of hydrogen-bond acceptors (Lipinski definition) is 2.